The molecule has 1 aliphatic heterocycles. The lowest BCUT2D eigenvalue weighted by atomic mass is 9.95. The molecule has 1 aliphatic rings. The standard InChI is InChI=1S/C30H21ClF4N2O4S/c1-2-40-28(39)24-25(17-11-13-20(31)14-12-17)37-27(38)23(42-29(37)36-26(24)30(33,34)35)15-18-7-4-6-10-22(18)41-16-19-8-3-5-9-21(19)32/h3-15,25H,2,16H2,1H3/b23-15-/t25-/m1/s1. The van der Waals surface area contributed by atoms with Crippen molar-refractivity contribution >= 4 is 35.0 Å². The number of nitrogens with zero attached hydrogens (tertiary/aromatic N) is 2. The molecular weight excluding hydrogens is 596 g/mol. The highest BCUT2D eigenvalue weighted by Crippen LogP contribution is 2.38. The van der Waals surface area contributed by atoms with Crippen molar-refractivity contribution in [3.8, 4) is 5.75 Å². The number of carbonyl (C=O) groups is 1. The van der Waals surface area contributed by atoms with Crippen LogP contribution in [0.15, 0.2) is 93.9 Å². The van der Waals surface area contributed by atoms with E-state index in [9.17, 15) is 27.2 Å². The fraction of sp³-hybridized carbons (Fsp3) is 0.167. The maximum atomic E-state index is 14.3. The number of halogens is 5. The van der Waals surface area contributed by atoms with Gasteiger partial charge < -0.3 is 9.47 Å². The lowest BCUT2D eigenvalue weighted by molar-refractivity contribution is -0.140. The number of rotatable bonds is 7. The Morgan fingerprint density at radius 1 is 1.07 bits per heavy atom. The van der Waals surface area contributed by atoms with Gasteiger partial charge in [0.1, 0.15) is 18.2 Å². The molecule has 2 heterocycles. The van der Waals surface area contributed by atoms with Crippen LogP contribution in [0.4, 0.5) is 17.6 Å². The molecule has 0 amide bonds. The van der Waals surface area contributed by atoms with E-state index in [2.05, 4.69) is 4.99 Å². The van der Waals surface area contributed by atoms with Crippen molar-refractivity contribution < 1.29 is 31.8 Å². The molecule has 0 saturated carbocycles. The molecule has 0 aliphatic carbocycles. The molecule has 5 rings (SSSR count). The van der Waals surface area contributed by atoms with Crippen LogP contribution in [-0.4, -0.2) is 23.3 Å². The number of hydrogen-bond donors (Lipinski definition) is 0. The number of alkyl halides is 3. The van der Waals surface area contributed by atoms with Crippen molar-refractivity contribution in [2.24, 2.45) is 4.99 Å². The molecule has 216 valence electrons. The van der Waals surface area contributed by atoms with Crippen molar-refractivity contribution in [1.29, 1.82) is 0 Å². The van der Waals surface area contributed by atoms with E-state index in [-0.39, 0.29) is 28.1 Å². The van der Waals surface area contributed by atoms with Crippen molar-refractivity contribution in [3.63, 3.8) is 0 Å². The minimum Gasteiger partial charge on any atom is -0.488 e. The van der Waals surface area contributed by atoms with E-state index in [1.165, 1.54) is 43.3 Å². The van der Waals surface area contributed by atoms with E-state index in [4.69, 9.17) is 21.1 Å². The second-order valence-electron chi connectivity index (χ2n) is 9.03. The molecule has 1 aromatic heterocycles. The lowest BCUT2D eigenvalue weighted by Gasteiger charge is -2.26. The lowest BCUT2D eigenvalue weighted by Crippen LogP contribution is -2.41. The highest BCUT2D eigenvalue weighted by molar-refractivity contribution is 7.07. The van der Waals surface area contributed by atoms with E-state index < -0.39 is 40.8 Å². The molecule has 3 aromatic carbocycles. The third kappa shape index (κ3) is 5.88. The maximum Gasteiger partial charge on any atom is 0.434 e. The van der Waals surface area contributed by atoms with Gasteiger partial charge in [-0.2, -0.15) is 13.2 Å². The normalized spacial score (nSPS) is 15.3. The first-order valence-electron chi connectivity index (χ1n) is 12.6. The first kappa shape index (κ1) is 29.3. The summed E-state index contributed by atoms with van der Waals surface area (Å²) in [5.41, 5.74) is -1.96. The van der Waals surface area contributed by atoms with Gasteiger partial charge in [-0.15, -0.1) is 0 Å². The summed E-state index contributed by atoms with van der Waals surface area (Å²) in [7, 11) is 0. The second kappa shape index (κ2) is 11.9. The van der Waals surface area contributed by atoms with Gasteiger partial charge >= 0.3 is 12.1 Å². The third-order valence-corrected chi connectivity index (χ3v) is 7.56. The number of fused-ring (bicyclic) bond motifs is 1. The number of carbonyl (C=O) groups excluding carboxylic acids is 1. The fourth-order valence-electron chi connectivity index (χ4n) is 4.44. The number of allylic oxidation sites excluding steroid dienone is 1. The second-order valence-corrected chi connectivity index (χ2v) is 10.5. The van der Waals surface area contributed by atoms with Crippen LogP contribution in [0.1, 0.15) is 29.7 Å². The molecule has 42 heavy (non-hydrogen) atoms. The Hall–Kier alpha value is -4.22. The quantitative estimate of drug-likeness (QED) is 0.197. The number of ether oxygens (including phenoxy) is 2. The van der Waals surface area contributed by atoms with Crippen molar-refractivity contribution in [2.75, 3.05) is 6.61 Å². The van der Waals surface area contributed by atoms with E-state index in [1.54, 1.807) is 42.5 Å². The largest absolute Gasteiger partial charge is 0.488 e. The zero-order valence-electron chi connectivity index (χ0n) is 21.8. The van der Waals surface area contributed by atoms with Gasteiger partial charge in [-0.1, -0.05) is 71.5 Å². The van der Waals surface area contributed by atoms with E-state index in [0.29, 0.717) is 21.9 Å². The average molecular weight is 617 g/mol. The van der Waals surface area contributed by atoms with Gasteiger partial charge in [0, 0.05) is 16.1 Å². The SMILES string of the molecule is CCOC(=O)C1=C(C(F)(F)F)N=c2s/c(=C\c3ccccc3OCc3ccccc3F)c(=O)n2[C@@H]1c1ccc(Cl)cc1. The fourth-order valence-corrected chi connectivity index (χ4v) is 5.56. The highest BCUT2D eigenvalue weighted by Gasteiger charge is 2.45. The summed E-state index contributed by atoms with van der Waals surface area (Å²) in [6.07, 6.45) is -3.56. The molecule has 0 unspecified atom stereocenters. The van der Waals surface area contributed by atoms with Gasteiger partial charge in [0.2, 0.25) is 0 Å². The Balaban J connectivity index is 1.67. The third-order valence-electron chi connectivity index (χ3n) is 6.33. The number of thiazole rings is 1. The van der Waals surface area contributed by atoms with E-state index in [0.717, 1.165) is 15.9 Å². The molecule has 6 nitrogen and oxygen atoms in total. The van der Waals surface area contributed by atoms with Crippen LogP contribution >= 0.6 is 22.9 Å². The Kier molecular flexibility index (Phi) is 8.33. The van der Waals surface area contributed by atoms with Gasteiger partial charge in [-0.25, -0.2) is 14.2 Å². The monoisotopic (exact) mass is 616 g/mol. The zero-order valence-corrected chi connectivity index (χ0v) is 23.4. The Labute approximate surface area is 245 Å². The topological polar surface area (TPSA) is 69.9 Å². The van der Waals surface area contributed by atoms with Crippen LogP contribution in [0.5, 0.6) is 5.75 Å². The molecule has 12 heteroatoms. The summed E-state index contributed by atoms with van der Waals surface area (Å²) in [4.78, 5) is 30.2. The van der Waals surface area contributed by atoms with Gasteiger partial charge in [-0.05, 0) is 42.8 Å². The first-order valence-corrected chi connectivity index (χ1v) is 13.8. The van der Waals surface area contributed by atoms with Crippen molar-refractivity contribution in [2.45, 2.75) is 25.7 Å². The molecular formula is C30H21ClF4N2O4S. The molecule has 0 fully saturated rings. The van der Waals surface area contributed by atoms with Crippen LogP contribution in [0.25, 0.3) is 6.08 Å². The predicted molar refractivity (Wildman–Crippen MR) is 149 cm³/mol. The minimum atomic E-state index is -5.02. The number of para-hydroxylation sites is 1. The Bertz CT molecular complexity index is 1860. The molecule has 0 bridgehead atoms. The number of aromatic nitrogens is 1. The minimum absolute atomic E-state index is 0.0429. The first-order chi connectivity index (χ1) is 20.1. The summed E-state index contributed by atoms with van der Waals surface area (Å²) in [6, 6.07) is 17.1. The molecule has 0 saturated heterocycles. The Morgan fingerprint density at radius 3 is 2.45 bits per heavy atom. The summed E-state index contributed by atoms with van der Waals surface area (Å²) in [6.45, 7) is 1.19. The van der Waals surface area contributed by atoms with Gasteiger partial charge in [-0.3, -0.25) is 9.36 Å². The van der Waals surface area contributed by atoms with Crippen LogP contribution < -0.4 is 19.6 Å². The van der Waals surface area contributed by atoms with Gasteiger partial charge in [0.05, 0.1) is 22.8 Å². The van der Waals surface area contributed by atoms with Crippen LogP contribution in [0.2, 0.25) is 5.02 Å². The molecule has 0 radical (unpaired) electrons. The molecule has 4 aromatic rings. The molecule has 0 N–H and O–H groups in total. The number of esters is 1. The van der Waals surface area contributed by atoms with Crippen molar-refractivity contribution in [1.82, 2.24) is 4.57 Å². The molecule has 1 atom stereocenters. The summed E-state index contributed by atoms with van der Waals surface area (Å²) in [5.74, 6) is -1.36. The van der Waals surface area contributed by atoms with Crippen molar-refractivity contribution in [3.05, 3.63) is 131 Å². The van der Waals surface area contributed by atoms with E-state index in [1.807, 2.05) is 0 Å². The summed E-state index contributed by atoms with van der Waals surface area (Å²) >= 11 is 6.74. The van der Waals surface area contributed by atoms with Crippen LogP contribution in [-0.2, 0) is 16.1 Å². The highest BCUT2D eigenvalue weighted by atomic mass is 35.5. The predicted octanol–water partition coefficient (Wildman–Crippen LogP) is 5.71. The zero-order chi connectivity index (χ0) is 30.0. The van der Waals surface area contributed by atoms with Crippen LogP contribution in [0, 0.1) is 5.82 Å². The summed E-state index contributed by atoms with van der Waals surface area (Å²) in [5, 5.41) is 0.316. The number of benzene rings is 3. The molecule has 0 spiro atoms. The maximum absolute atomic E-state index is 14.3. The van der Waals surface area contributed by atoms with Gasteiger partial charge in [0.15, 0.2) is 10.5 Å². The Morgan fingerprint density at radius 2 is 1.76 bits per heavy atom. The summed E-state index contributed by atoms with van der Waals surface area (Å²) < 4.78 is 68.9. The smallest absolute Gasteiger partial charge is 0.434 e. The average Bonchev–Trinajstić information content (AvgIpc) is 3.27. The van der Waals surface area contributed by atoms with E-state index >= 15 is 0 Å². The number of hydrogen-bond acceptors (Lipinski definition) is 6. The van der Waals surface area contributed by atoms with Crippen LogP contribution in [0.3, 0.4) is 0 Å². The van der Waals surface area contributed by atoms with Gasteiger partial charge in [0.25, 0.3) is 5.56 Å².